The third-order valence-electron chi connectivity index (χ3n) is 4.78. The maximum Gasteiger partial charge on any atom is 0.446 e. The Morgan fingerprint density at radius 3 is 2.50 bits per heavy atom. The Labute approximate surface area is 179 Å². The minimum Gasteiger partial charge on any atom is -0.334 e. The Morgan fingerprint density at radius 2 is 1.88 bits per heavy atom. The third-order valence-corrected chi connectivity index (χ3v) is 4.78. The van der Waals surface area contributed by atoms with E-state index in [1.807, 2.05) is 13.0 Å². The molecule has 2 heterocycles. The van der Waals surface area contributed by atoms with Gasteiger partial charge in [0.15, 0.2) is 11.6 Å². The SMILES string of the molecule is CC1c2nnccc2CCN1C(=O)C[C@H](N)Cc1cc(F)c(F)cc1F.O=CC(F)(F)F. The average molecular weight is 462 g/mol. The number of aromatic nitrogens is 2. The van der Waals surface area contributed by atoms with Crippen molar-refractivity contribution in [2.75, 3.05) is 6.54 Å². The predicted molar refractivity (Wildman–Crippen MR) is 101 cm³/mol. The number of hydrogen-bond donors (Lipinski definition) is 1. The highest BCUT2D eigenvalue weighted by Crippen LogP contribution is 2.27. The van der Waals surface area contributed by atoms with Gasteiger partial charge in [0.1, 0.15) is 5.82 Å². The van der Waals surface area contributed by atoms with Gasteiger partial charge in [0.25, 0.3) is 0 Å². The normalized spacial score (nSPS) is 16.5. The number of carbonyl (C=O) groups is 2. The van der Waals surface area contributed by atoms with Gasteiger partial charge < -0.3 is 10.6 Å². The molecule has 32 heavy (non-hydrogen) atoms. The predicted octanol–water partition coefficient (Wildman–Crippen LogP) is 3.05. The summed E-state index contributed by atoms with van der Waals surface area (Å²) in [5, 5.41) is 7.97. The number of hydrogen-bond acceptors (Lipinski definition) is 5. The summed E-state index contributed by atoms with van der Waals surface area (Å²) in [5.74, 6) is -3.45. The second-order valence-electron chi connectivity index (χ2n) is 7.14. The molecule has 0 bridgehead atoms. The quantitative estimate of drug-likeness (QED) is 0.429. The van der Waals surface area contributed by atoms with Crippen LogP contribution in [0.1, 0.15) is 36.2 Å². The van der Waals surface area contributed by atoms with E-state index >= 15 is 0 Å². The molecule has 0 aliphatic carbocycles. The highest BCUT2D eigenvalue weighted by molar-refractivity contribution is 5.77. The zero-order valence-corrected chi connectivity index (χ0v) is 16.9. The van der Waals surface area contributed by atoms with Crippen molar-refractivity contribution in [3.63, 3.8) is 0 Å². The summed E-state index contributed by atoms with van der Waals surface area (Å²) in [6.07, 6.45) is -3.50. The second-order valence-corrected chi connectivity index (χ2v) is 7.14. The fourth-order valence-corrected chi connectivity index (χ4v) is 3.27. The largest absolute Gasteiger partial charge is 0.446 e. The zero-order valence-electron chi connectivity index (χ0n) is 16.9. The van der Waals surface area contributed by atoms with Crippen molar-refractivity contribution in [3.05, 3.63) is 58.7 Å². The van der Waals surface area contributed by atoms with Gasteiger partial charge in [-0.15, -0.1) is 0 Å². The van der Waals surface area contributed by atoms with Crippen LogP contribution in [0.5, 0.6) is 0 Å². The summed E-state index contributed by atoms with van der Waals surface area (Å²) in [6, 6.07) is 2.22. The monoisotopic (exact) mass is 462 g/mol. The van der Waals surface area contributed by atoms with Crippen molar-refractivity contribution in [2.24, 2.45) is 5.73 Å². The molecule has 1 aromatic carbocycles. The first-order chi connectivity index (χ1) is 14.9. The van der Waals surface area contributed by atoms with Crippen LogP contribution in [0.4, 0.5) is 26.3 Å². The number of nitrogens with two attached hydrogens (primary N) is 1. The Hall–Kier alpha value is -3.02. The average Bonchev–Trinajstić information content (AvgIpc) is 2.72. The third kappa shape index (κ3) is 6.74. The second kappa shape index (κ2) is 10.5. The number of fused-ring (bicyclic) bond motifs is 1. The van der Waals surface area contributed by atoms with Gasteiger partial charge in [-0.1, -0.05) is 0 Å². The van der Waals surface area contributed by atoms with Gasteiger partial charge in [-0.25, -0.2) is 13.2 Å². The summed E-state index contributed by atoms with van der Waals surface area (Å²) >= 11 is 0. The molecule has 0 spiro atoms. The number of benzene rings is 1. The Bertz CT molecular complexity index is 970. The number of rotatable bonds is 4. The molecule has 1 amide bonds. The molecule has 2 atom stereocenters. The van der Waals surface area contributed by atoms with Crippen LogP contribution in [0.25, 0.3) is 0 Å². The van der Waals surface area contributed by atoms with E-state index in [0.717, 1.165) is 17.3 Å². The van der Waals surface area contributed by atoms with Crippen LogP contribution in [0, 0.1) is 17.5 Å². The number of amides is 1. The van der Waals surface area contributed by atoms with E-state index in [2.05, 4.69) is 10.2 Å². The van der Waals surface area contributed by atoms with Gasteiger partial charge in [0.2, 0.25) is 12.2 Å². The van der Waals surface area contributed by atoms with Crippen molar-refractivity contribution in [2.45, 2.75) is 44.4 Å². The molecule has 1 aromatic heterocycles. The van der Waals surface area contributed by atoms with Gasteiger partial charge in [-0.05, 0) is 43.0 Å². The molecule has 0 fully saturated rings. The van der Waals surface area contributed by atoms with Crippen LogP contribution in [-0.4, -0.2) is 46.1 Å². The lowest BCUT2D eigenvalue weighted by molar-refractivity contribution is -0.156. The maximum atomic E-state index is 13.7. The first-order valence-corrected chi connectivity index (χ1v) is 9.45. The molecule has 1 unspecified atom stereocenters. The fraction of sp³-hybridized carbons (Fsp3) is 0.400. The Kier molecular flexibility index (Phi) is 8.31. The summed E-state index contributed by atoms with van der Waals surface area (Å²) < 4.78 is 71.3. The van der Waals surface area contributed by atoms with Crippen LogP contribution < -0.4 is 5.73 Å². The van der Waals surface area contributed by atoms with Crippen molar-refractivity contribution in [1.29, 1.82) is 0 Å². The minimum absolute atomic E-state index is 0.0294. The summed E-state index contributed by atoms with van der Waals surface area (Å²) in [7, 11) is 0. The molecular weight excluding hydrogens is 442 g/mol. The molecule has 6 nitrogen and oxygen atoms in total. The topological polar surface area (TPSA) is 89.2 Å². The molecule has 0 radical (unpaired) electrons. The summed E-state index contributed by atoms with van der Waals surface area (Å²) in [4.78, 5) is 23.0. The first-order valence-electron chi connectivity index (χ1n) is 9.45. The van der Waals surface area contributed by atoms with Crippen molar-refractivity contribution in [1.82, 2.24) is 15.1 Å². The Balaban J connectivity index is 0.000000534. The smallest absolute Gasteiger partial charge is 0.334 e. The van der Waals surface area contributed by atoms with Crippen LogP contribution in [-0.2, 0) is 22.4 Å². The van der Waals surface area contributed by atoms with Crippen LogP contribution in [0.3, 0.4) is 0 Å². The van der Waals surface area contributed by atoms with E-state index in [9.17, 15) is 31.1 Å². The van der Waals surface area contributed by atoms with E-state index in [1.54, 1.807) is 11.1 Å². The fourth-order valence-electron chi connectivity index (χ4n) is 3.27. The lowest BCUT2D eigenvalue weighted by Crippen LogP contribution is -2.42. The molecule has 2 aromatic rings. The molecular formula is C20H20F6N4O2. The molecule has 12 heteroatoms. The lowest BCUT2D eigenvalue weighted by Gasteiger charge is -2.34. The minimum atomic E-state index is -4.64. The zero-order chi connectivity index (χ0) is 24.1. The molecule has 2 N–H and O–H groups in total. The Morgan fingerprint density at radius 1 is 1.25 bits per heavy atom. The van der Waals surface area contributed by atoms with Crippen LogP contribution in [0.15, 0.2) is 24.4 Å². The van der Waals surface area contributed by atoms with Gasteiger partial charge in [0, 0.05) is 31.3 Å². The summed E-state index contributed by atoms with van der Waals surface area (Å²) in [5.41, 5.74) is 7.72. The van der Waals surface area contributed by atoms with E-state index in [0.29, 0.717) is 19.0 Å². The van der Waals surface area contributed by atoms with E-state index in [1.165, 1.54) is 0 Å². The number of carbonyl (C=O) groups excluding carboxylic acids is 2. The molecule has 0 saturated carbocycles. The number of alkyl halides is 3. The standard InChI is InChI=1S/C18H19F3N4O.C2HF3O/c1-10-18-11(2-4-23-24-18)3-5-25(10)17(26)8-13(22)6-12-7-15(20)16(21)9-14(12)19;3-2(4,5)1-6/h2,4,7,9-10,13H,3,5-6,8,22H2,1H3;1H/t10?,13-;/m1./s1. The van der Waals surface area contributed by atoms with Crippen molar-refractivity contribution in [3.8, 4) is 0 Å². The molecule has 0 saturated heterocycles. The van der Waals surface area contributed by atoms with Crippen molar-refractivity contribution < 1.29 is 35.9 Å². The van der Waals surface area contributed by atoms with E-state index < -0.39 is 36.0 Å². The van der Waals surface area contributed by atoms with E-state index in [4.69, 9.17) is 10.5 Å². The maximum absolute atomic E-state index is 13.7. The molecule has 3 rings (SSSR count). The molecule has 1 aliphatic heterocycles. The van der Waals surface area contributed by atoms with Crippen molar-refractivity contribution >= 4 is 12.2 Å². The van der Waals surface area contributed by atoms with Gasteiger partial charge in [-0.3, -0.25) is 9.59 Å². The first kappa shape index (κ1) is 25.2. The molecule has 174 valence electrons. The van der Waals surface area contributed by atoms with Gasteiger partial charge >= 0.3 is 6.18 Å². The highest BCUT2D eigenvalue weighted by Gasteiger charge is 2.30. The van der Waals surface area contributed by atoms with E-state index in [-0.39, 0.29) is 30.4 Å². The highest BCUT2D eigenvalue weighted by atomic mass is 19.4. The number of nitrogens with zero attached hydrogens (tertiary/aromatic N) is 3. The lowest BCUT2D eigenvalue weighted by atomic mass is 9.97. The number of halogens is 6. The summed E-state index contributed by atoms with van der Waals surface area (Å²) in [6.45, 7) is 2.40. The van der Waals surface area contributed by atoms with Gasteiger partial charge in [0.05, 0.1) is 11.7 Å². The number of aldehydes is 1. The van der Waals surface area contributed by atoms with Crippen LogP contribution >= 0.6 is 0 Å². The van der Waals surface area contributed by atoms with Gasteiger partial charge in [-0.2, -0.15) is 23.4 Å². The van der Waals surface area contributed by atoms with Crippen LogP contribution in [0.2, 0.25) is 0 Å². The molecule has 1 aliphatic rings.